The largest absolute Gasteiger partial charge is 0.464 e. The van der Waals surface area contributed by atoms with E-state index in [1.165, 1.54) is 4.88 Å². The number of carbonyl (C=O) groups excluding carboxylic acids is 2. The lowest BCUT2D eigenvalue weighted by Crippen LogP contribution is -2.48. The highest BCUT2D eigenvalue weighted by Gasteiger charge is 2.32. The van der Waals surface area contributed by atoms with Crippen molar-refractivity contribution in [1.29, 1.82) is 0 Å². The van der Waals surface area contributed by atoms with E-state index in [1.54, 1.807) is 29.2 Å². The van der Waals surface area contributed by atoms with Gasteiger partial charge in [-0.05, 0) is 51.3 Å². The van der Waals surface area contributed by atoms with Crippen LogP contribution < -0.4 is 0 Å². The van der Waals surface area contributed by atoms with Crippen molar-refractivity contribution >= 4 is 29.3 Å². The van der Waals surface area contributed by atoms with E-state index in [0.717, 1.165) is 17.7 Å². The molecule has 1 saturated heterocycles. The average molecular weight is 307 g/mol. The summed E-state index contributed by atoms with van der Waals surface area (Å²) >= 11 is 1.64. The van der Waals surface area contributed by atoms with Crippen LogP contribution in [0.3, 0.4) is 0 Å². The van der Waals surface area contributed by atoms with Crippen LogP contribution in [-0.4, -0.2) is 36.0 Å². The SMILES string of the molecule is CCOC(=O)C1CCCCN1C(=O)/C=C/c1ccc(C)s1. The third kappa shape index (κ3) is 4.17. The van der Waals surface area contributed by atoms with E-state index in [4.69, 9.17) is 4.74 Å². The number of hydrogen-bond donors (Lipinski definition) is 0. The molecule has 5 heteroatoms. The van der Waals surface area contributed by atoms with Crippen LogP contribution in [0.15, 0.2) is 18.2 Å². The summed E-state index contributed by atoms with van der Waals surface area (Å²) < 4.78 is 5.07. The maximum atomic E-state index is 12.3. The number of amides is 1. The molecule has 1 unspecified atom stereocenters. The number of carbonyl (C=O) groups is 2. The summed E-state index contributed by atoms with van der Waals surface area (Å²) in [5.41, 5.74) is 0. The maximum absolute atomic E-state index is 12.3. The topological polar surface area (TPSA) is 46.6 Å². The lowest BCUT2D eigenvalue weighted by atomic mass is 10.0. The molecule has 0 spiro atoms. The molecule has 1 aliphatic heterocycles. The fourth-order valence-corrected chi connectivity index (χ4v) is 3.25. The van der Waals surface area contributed by atoms with Crippen LogP contribution in [0.2, 0.25) is 0 Å². The Kier molecular flexibility index (Phi) is 5.56. The third-order valence-corrected chi connectivity index (χ3v) is 4.46. The van der Waals surface area contributed by atoms with Gasteiger partial charge in [-0.25, -0.2) is 4.79 Å². The molecule has 1 aromatic rings. The summed E-state index contributed by atoms with van der Waals surface area (Å²) in [5.74, 6) is -0.398. The van der Waals surface area contributed by atoms with Crippen LogP contribution in [0, 0.1) is 6.92 Å². The van der Waals surface area contributed by atoms with Crippen LogP contribution in [-0.2, 0) is 14.3 Å². The molecule has 0 aromatic carbocycles. The molecule has 114 valence electrons. The van der Waals surface area contributed by atoms with E-state index in [0.29, 0.717) is 19.6 Å². The molecule has 0 N–H and O–H groups in total. The Morgan fingerprint density at radius 1 is 1.43 bits per heavy atom. The van der Waals surface area contributed by atoms with Crippen molar-refractivity contribution in [3.05, 3.63) is 28.0 Å². The summed E-state index contributed by atoms with van der Waals surface area (Å²) in [6.45, 7) is 4.79. The first-order valence-electron chi connectivity index (χ1n) is 7.33. The van der Waals surface area contributed by atoms with Gasteiger partial charge in [-0.3, -0.25) is 4.79 Å². The fourth-order valence-electron chi connectivity index (χ4n) is 2.47. The molecule has 0 bridgehead atoms. The summed E-state index contributed by atoms with van der Waals surface area (Å²) in [6, 6.07) is 3.58. The van der Waals surface area contributed by atoms with E-state index in [1.807, 2.05) is 25.1 Å². The molecule has 21 heavy (non-hydrogen) atoms. The standard InChI is InChI=1S/C16H21NO3S/c1-3-20-16(19)14-6-4-5-11-17(14)15(18)10-9-13-8-7-12(2)21-13/h7-10,14H,3-6,11H2,1-2H3/b10-9+. The van der Waals surface area contributed by atoms with Gasteiger partial charge < -0.3 is 9.64 Å². The van der Waals surface area contributed by atoms with Crippen molar-refractivity contribution in [2.75, 3.05) is 13.2 Å². The summed E-state index contributed by atoms with van der Waals surface area (Å²) in [6.07, 6.45) is 5.96. The number of piperidine rings is 1. The summed E-state index contributed by atoms with van der Waals surface area (Å²) in [7, 11) is 0. The molecule has 0 radical (unpaired) electrons. The van der Waals surface area contributed by atoms with Crippen LogP contribution in [0.1, 0.15) is 35.9 Å². The first kappa shape index (κ1) is 15.8. The molecule has 4 nitrogen and oxygen atoms in total. The van der Waals surface area contributed by atoms with Gasteiger partial charge in [-0.15, -0.1) is 11.3 Å². The van der Waals surface area contributed by atoms with Gasteiger partial charge in [0.1, 0.15) is 6.04 Å². The number of aryl methyl sites for hydroxylation is 1. The minimum absolute atomic E-state index is 0.112. The van der Waals surface area contributed by atoms with Crippen LogP contribution in [0.25, 0.3) is 6.08 Å². The van der Waals surface area contributed by atoms with Crippen molar-refractivity contribution in [2.45, 2.75) is 39.2 Å². The second-order valence-corrected chi connectivity index (χ2v) is 6.40. The molecule has 1 aromatic heterocycles. The van der Waals surface area contributed by atoms with Gasteiger partial charge in [0.25, 0.3) is 0 Å². The number of rotatable bonds is 4. The van der Waals surface area contributed by atoms with E-state index in [-0.39, 0.29) is 11.9 Å². The zero-order valence-corrected chi connectivity index (χ0v) is 13.3. The average Bonchev–Trinajstić information content (AvgIpc) is 2.90. The number of likely N-dealkylation sites (tertiary alicyclic amines) is 1. The van der Waals surface area contributed by atoms with Crippen molar-refractivity contribution in [3.63, 3.8) is 0 Å². The smallest absolute Gasteiger partial charge is 0.328 e. The minimum atomic E-state index is -0.430. The maximum Gasteiger partial charge on any atom is 0.328 e. The van der Waals surface area contributed by atoms with Crippen molar-refractivity contribution < 1.29 is 14.3 Å². The van der Waals surface area contributed by atoms with E-state index >= 15 is 0 Å². The first-order valence-corrected chi connectivity index (χ1v) is 8.15. The number of thiophene rings is 1. The number of ether oxygens (including phenoxy) is 1. The Bertz CT molecular complexity index is 535. The molecule has 0 saturated carbocycles. The highest BCUT2D eigenvalue weighted by atomic mass is 32.1. The van der Waals surface area contributed by atoms with Gasteiger partial charge in [-0.2, -0.15) is 0 Å². The van der Waals surface area contributed by atoms with Gasteiger partial charge in [0.05, 0.1) is 6.61 Å². The van der Waals surface area contributed by atoms with Gasteiger partial charge in [0.15, 0.2) is 0 Å². The van der Waals surface area contributed by atoms with Crippen LogP contribution >= 0.6 is 11.3 Å². The second-order valence-electron chi connectivity index (χ2n) is 5.08. The first-order chi connectivity index (χ1) is 10.1. The summed E-state index contributed by atoms with van der Waals surface area (Å²) in [4.78, 5) is 28.2. The van der Waals surface area contributed by atoms with Gasteiger partial charge in [0.2, 0.25) is 5.91 Å². The van der Waals surface area contributed by atoms with Crippen molar-refractivity contribution in [1.82, 2.24) is 4.90 Å². The highest BCUT2D eigenvalue weighted by molar-refractivity contribution is 7.12. The van der Waals surface area contributed by atoms with Gasteiger partial charge in [0, 0.05) is 22.4 Å². The predicted octanol–water partition coefficient (Wildman–Crippen LogP) is 3.01. The Balaban J connectivity index is 2.04. The Morgan fingerprint density at radius 2 is 2.24 bits per heavy atom. The molecular formula is C16H21NO3S. The van der Waals surface area contributed by atoms with Crippen LogP contribution in [0.4, 0.5) is 0 Å². The third-order valence-electron chi connectivity index (χ3n) is 3.50. The molecule has 2 heterocycles. The van der Waals surface area contributed by atoms with Crippen molar-refractivity contribution in [2.24, 2.45) is 0 Å². The lowest BCUT2D eigenvalue weighted by molar-refractivity contribution is -0.155. The molecule has 2 rings (SSSR count). The predicted molar refractivity (Wildman–Crippen MR) is 84.1 cm³/mol. The normalized spacial score (nSPS) is 19.0. The fraction of sp³-hybridized carbons (Fsp3) is 0.500. The number of hydrogen-bond acceptors (Lipinski definition) is 4. The summed E-state index contributed by atoms with van der Waals surface area (Å²) in [5, 5.41) is 0. The van der Waals surface area contributed by atoms with E-state index < -0.39 is 6.04 Å². The zero-order chi connectivity index (χ0) is 15.2. The molecule has 1 atom stereocenters. The lowest BCUT2D eigenvalue weighted by Gasteiger charge is -2.33. The Hall–Kier alpha value is -1.62. The molecule has 1 fully saturated rings. The van der Waals surface area contributed by atoms with Gasteiger partial charge in [-0.1, -0.05) is 0 Å². The second kappa shape index (κ2) is 7.41. The quantitative estimate of drug-likeness (QED) is 0.634. The molecule has 0 aliphatic carbocycles. The van der Waals surface area contributed by atoms with E-state index in [9.17, 15) is 9.59 Å². The van der Waals surface area contributed by atoms with E-state index in [2.05, 4.69) is 0 Å². The zero-order valence-electron chi connectivity index (χ0n) is 12.5. The Morgan fingerprint density at radius 3 is 2.90 bits per heavy atom. The minimum Gasteiger partial charge on any atom is -0.464 e. The monoisotopic (exact) mass is 307 g/mol. The molecule has 1 aliphatic rings. The molecule has 1 amide bonds. The number of esters is 1. The van der Waals surface area contributed by atoms with Gasteiger partial charge >= 0.3 is 5.97 Å². The van der Waals surface area contributed by atoms with Crippen LogP contribution in [0.5, 0.6) is 0 Å². The molecular weight excluding hydrogens is 286 g/mol. The Labute approximate surface area is 129 Å². The number of nitrogens with zero attached hydrogens (tertiary/aromatic N) is 1. The van der Waals surface area contributed by atoms with Crippen molar-refractivity contribution in [3.8, 4) is 0 Å². The highest BCUT2D eigenvalue weighted by Crippen LogP contribution is 2.20.